The van der Waals surface area contributed by atoms with Crippen LogP contribution in [-0.2, 0) is 36.7 Å². The summed E-state index contributed by atoms with van der Waals surface area (Å²) in [6.45, 7) is 5.33. The summed E-state index contributed by atoms with van der Waals surface area (Å²) in [4.78, 5) is 24.6. The quantitative estimate of drug-likeness (QED) is 0.0256. The number of likely N-dealkylation sites (N-methyl/N-ethyl adjacent to an activating group) is 2. The summed E-state index contributed by atoms with van der Waals surface area (Å²) in [6.07, 6.45) is 55.9. The summed E-state index contributed by atoms with van der Waals surface area (Å²) >= 11 is 0. The van der Waals surface area contributed by atoms with Gasteiger partial charge in [0.15, 0.2) is 5.79 Å². The van der Waals surface area contributed by atoms with E-state index in [1.807, 2.05) is 14.1 Å². The van der Waals surface area contributed by atoms with Gasteiger partial charge in [-0.2, -0.15) is 0 Å². The minimum absolute atomic E-state index is 0.0126. The van der Waals surface area contributed by atoms with Crippen LogP contribution in [0.15, 0.2) is 36.5 Å². The van der Waals surface area contributed by atoms with E-state index in [-0.39, 0.29) is 63.8 Å². The van der Waals surface area contributed by atoms with Crippen molar-refractivity contribution >= 4 is 15.6 Å². The molecule has 1 saturated heterocycles. The molecule has 0 aromatic rings. The molecule has 0 radical (unpaired) electrons. The van der Waals surface area contributed by atoms with Crippen LogP contribution in [0.1, 0.15) is 232 Å². The first kappa shape index (κ1) is 67.5. The van der Waals surface area contributed by atoms with Gasteiger partial charge in [0.25, 0.3) is 0 Å². The van der Waals surface area contributed by atoms with Gasteiger partial charge in [0.1, 0.15) is 0 Å². The van der Waals surface area contributed by atoms with E-state index < -0.39 is 21.4 Å². The van der Waals surface area contributed by atoms with Crippen molar-refractivity contribution < 1.29 is 46.5 Å². The fraction of sp³-hybridized carbons (Fsp3) is 0.897. The van der Waals surface area contributed by atoms with Gasteiger partial charge in [-0.05, 0) is 116 Å². The smallest absolute Gasteiger partial charge is 0.344 e. The zero-order valence-corrected chi connectivity index (χ0v) is 49.4. The van der Waals surface area contributed by atoms with Crippen molar-refractivity contribution in [2.75, 3.05) is 66.7 Å². The zero-order valence-electron chi connectivity index (χ0n) is 47.6. The normalized spacial score (nSPS) is 25.1. The predicted molar refractivity (Wildman–Crippen MR) is 305 cm³/mol. The maximum absolute atomic E-state index is 12.4. The van der Waals surface area contributed by atoms with E-state index in [2.05, 4.69) is 60.1 Å². The number of nitrogens with two attached hydrogens (primary N) is 2. The number of hydrogen-bond acceptors (Lipinski definition) is 12. The average Bonchev–Trinajstić information content (AvgIpc) is 3.74. The summed E-state index contributed by atoms with van der Waals surface area (Å²) in [6, 6.07) is -0.0558. The number of fused-ring (bicyclic) bond motifs is 1. The van der Waals surface area contributed by atoms with Crippen LogP contribution in [0, 0.1) is 5.41 Å². The van der Waals surface area contributed by atoms with Crippen molar-refractivity contribution in [2.24, 2.45) is 16.9 Å². The second kappa shape index (κ2) is 40.4. The number of phosphoric ester groups is 2. The monoisotopic (exact) mass is 1090 g/mol. The highest BCUT2D eigenvalue weighted by Crippen LogP contribution is 2.54. The molecule has 1 aliphatic heterocycles. The van der Waals surface area contributed by atoms with Crippen LogP contribution < -0.4 is 11.5 Å². The number of rotatable bonds is 47. The Hall–Kier alpha value is -0.800. The van der Waals surface area contributed by atoms with Crippen LogP contribution in [0.5, 0.6) is 0 Å². The van der Waals surface area contributed by atoms with Crippen LogP contribution in [0.25, 0.3) is 0 Å². The first-order valence-corrected chi connectivity index (χ1v) is 33.2. The number of allylic oxidation sites excluding steroid dienone is 6. The van der Waals surface area contributed by atoms with Gasteiger partial charge in [-0.3, -0.25) is 27.9 Å². The average molecular weight is 1090 g/mol. The summed E-state index contributed by atoms with van der Waals surface area (Å²) in [5.74, 6) is -0.598. The van der Waals surface area contributed by atoms with E-state index in [0.717, 1.165) is 32.1 Å². The molecule has 0 aromatic carbocycles. The van der Waals surface area contributed by atoms with E-state index in [1.54, 1.807) is 0 Å². The molecule has 74 heavy (non-hydrogen) atoms. The van der Waals surface area contributed by atoms with Gasteiger partial charge in [-0.25, -0.2) is 9.13 Å². The molecule has 0 bridgehead atoms. The summed E-state index contributed by atoms with van der Waals surface area (Å²) < 4.78 is 59.5. The number of hydrogen-bond donors (Lipinski definition) is 4. The molecule has 2 aliphatic carbocycles. The Morgan fingerprint density at radius 3 is 1.22 bits per heavy atom. The molecule has 3 aliphatic rings. The lowest BCUT2D eigenvalue weighted by Gasteiger charge is -2.45. The second-order valence-electron chi connectivity index (χ2n) is 22.2. The molecule has 16 heteroatoms. The number of nitrogens with zero attached hydrogens (tertiary/aromatic N) is 2. The van der Waals surface area contributed by atoms with Crippen LogP contribution in [0.4, 0.5) is 0 Å². The van der Waals surface area contributed by atoms with Crippen molar-refractivity contribution in [3.8, 4) is 0 Å². The lowest BCUT2D eigenvalue weighted by atomic mass is 9.66. The third-order valence-electron chi connectivity index (χ3n) is 16.0. The molecule has 1 spiro atoms. The molecular formula is C58H112N4O10P2. The van der Waals surface area contributed by atoms with Crippen molar-refractivity contribution in [3.63, 3.8) is 0 Å². The summed E-state index contributed by atoms with van der Waals surface area (Å²) in [7, 11) is -4.48. The zero-order chi connectivity index (χ0) is 53.6. The van der Waals surface area contributed by atoms with Crippen molar-refractivity contribution in [1.82, 2.24) is 9.80 Å². The topological polar surface area (TPSA) is 188 Å². The largest absolute Gasteiger partial charge is 0.472 e. The molecule has 6 atom stereocenters. The molecule has 3 fully saturated rings. The maximum atomic E-state index is 12.4. The van der Waals surface area contributed by atoms with Crippen molar-refractivity contribution in [1.29, 1.82) is 0 Å². The lowest BCUT2D eigenvalue weighted by molar-refractivity contribution is -0.208. The fourth-order valence-corrected chi connectivity index (χ4v) is 12.9. The standard InChI is InChI=1S/C58H112N4O10P2/c1-5-7-9-11-13-15-17-19-21-23-25-27-29-31-33-35-37-57(38-36-34-32-30-28-26-24-22-20-18-16-14-12-10-8-6-2)39-41-58(42-40-57)71-55-51-53(61(3)45-49-69-73(63,64)67-47-43-59)54(52-56(55)72-58)62(4)46-50-70-74(65,66)68-48-44-60/h13-16,19,21,53-56H,5-12,17-18,20,22-52,59-60H2,1-4H3,(H,63,64)(H,65,66)/b15-13+,16-14+,21-19+/t53-,54+,55-,56-,57?,58?/m0/s1. The Kier molecular flexibility index (Phi) is 36.8. The van der Waals surface area contributed by atoms with Gasteiger partial charge in [0.2, 0.25) is 0 Å². The Labute approximate surface area is 452 Å². The Morgan fingerprint density at radius 1 is 0.500 bits per heavy atom. The minimum Gasteiger partial charge on any atom is -0.344 e. The molecule has 1 heterocycles. The molecule has 3 rings (SSSR count). The van der Waals surface area contributed by atoms with E-state index >= 15 is 0 Å². The van der Waals surface area contributed by atoms with Crippen molar-refractivity contribution in [3.05, 3.63) is 36.5 Å². The molecule has 434 valence electrons. The Bertz CT molecular complexity index is 1520. The Morgan fingerprint density at radius 2 is 0.838 bits per heavy atom. The molecule has 0 amide bonds. The number of ether oxygens (including phenoxy) is 2. The highest BCUT2D eigenvalue weighted by molar-refractivity contribution is 7.47. The van der Waals surface area contributed by atoms with Gasteiger partial charge in [-0.1, -0.05) is 159 Å². The van der Waals surface area contributed by atoms with Crippen molar-refractivity contribution in [2.45, 2.75) is 262 Å². The summed E-state index contributed by atoms with van der Waals surface area (Å²) in [5, 5.41) is 0. The third-order valence-corrected chi connectivity index (χ3v) is 18.0. The molecule has 2 saturated carbocycles. The molecule has 14 nitrogen and oxygen atoms in total. The van der Waals surface area contributed by atoms with E-state index in [4.69, 9.17) is 39.0 Å². The van der Waals surface area contributed by atoms with Crippen LogP contribution in [-0.4, -0.2) is 116 Å². The molecule has 6 N–H and O–H groups in total. The van der Waals surface area contributed by atoms with Crippen LogP contribution in [0.3, 0.4) is 0 Å². The van der Waals surface area contributed by atoms with Crippen LogP contribution >= 0.6 is 15.6 Å². The molecular weight excluding hydrogens is 975 g/mol. The SMILES string of the molecule is CCCCC/C=C/C/C=C/CCCCCCCCC1(CCCCCCCCCCC/C=C/CCCCC)CCC2(CC1)O[C@H]1C[C@@H](N(C)CCOP(=O)(O)OCCN)[C@@H](N(C)CCOP(=O)(O)OCCN)C[C@@H]1O2. The Balaban J connectivity index is 1.56. The molecule has 0 aromatic heterocycles. The number of unbranched alkanes of at least 4 members (excludes halogenated alkanes) is 21. The first-order valence-electron chi connectivity index (χ1n) is 30.2. The highest BCUT2D eigenvalue weighted by atomic mass is 31.2. The van der Waals surface area contributed by atoms with Gasteiger partial charge >= 0.3 is 15.6 Å². The van der Waals surface area contributed by atoms with Gasteiger partial charge in [0.05, 0.1) is 38.6 Å². The number of phosphoric acid groups is 2. The fourth-order valence-electron chi connectivity index (χ4n) is 11.5. The van der Waals surface area contributed by atoms with Gasteiger partial charge in [0, 0.05) is 51.1 Å². The lowest BCUT2D eigenvalue weighted by Crippen LogP contribution is -2.57. The van der Waals surface area contributed by atoms with Crippen LogP contribution in [0.2, 0.25) is 0 Å². The van der Waals surface area contributed by atoms with Gasteiger partial charge in [-0.15, -0.1) is 0 Å². The predicted octanol–water partition coefficient (Wildman–Crippen LogP) is 14.2. The minimum atomic E-state index is -4.23. The van der Waals surface area contributed by atoms with E-state index in [0.29, 0.717) is 31.3 Å². The molecule has 2 unspecified atom stereocenters. The first-order chi connectivity index (χ1) is 35.8. The van der Waals surface area contributed by atoms with E-state index in [9.17, 15) is 18.9 Å². The van der Waals surface area contributed by atoms with Gasteiger partial charge < -0.3 is 30.7 Å². The highest BCUT2D eigenvalue weighted by Gasteiger charge is 2.55. The second-order valence-corrected chi connectivity index (χ2v) is 25.1. The maximum Gasteiger partial charge on any atom is 0.472 e. The van der Waals surface area contributed by atoms with E-state index in [1.165, 1.54) is 173 Å². The summed E-state index contributed by atoms with van der Waals surface area (Å²) in [5.41, 5.74) is 11.3. The third kappa shape index (κ3) is 29.4.